The fourth-order valence-electron chi connectivity index (χ4n) is 8.31. The van der Waals surface area contributed by atoms with E-state index in [1.54, 1.807) is 40.8 Å². The second-order valence-electron chi connectivity index (χ2n) is 21.7. The van der Waals surface area contributed by atoms with Gasteiger partial charge in [-0.3, -0.25) is 57.5 Å². The number of carbonyl (C=O) groups excluding carboxylic acids is 10. The molecule has 2 unspecified atom stereocenters. The molecule has 0 spiro atoms. The summed E-state index contributed by atoms with van der Waals surface area (Å²) < 4.78 is 22.5. The highest BCUT2D eigenvalue weighted by Gasteiger charge is 2.47. The van der Waals surface area contributed by atoms with Crippen LogP contribution in [-0.4, -0.2) is 242 Å². The topological polar surface area (TPSA) is 545 Å². The number of nitrogens with zero attached hydrogens (tertiary/aromatic N) is 3. The SMILES string of the molecule is CCC(=O)N[C@H](C(=O)N[C@H](C(=O)N[C@@H](C)C(=O)N[C@@H](C)C(=O)N[C@@H](CCC(=O)O)C(=O)N[C@@H](CCC(=O)O)C(=O)N[C@@H](CCCCNC(=O)COCCOCCNC(=O)CCc1cn(CCO[C@@H]2OC(C(=O)O)[C@@H](O)[C@H](O)C2O)nn1)C(N)=O)C(C)C)C(C)C. The summed E-state index contributed by atoms with van der Waals surface area (Å²) >= 11 is 0. The summed E-state index contributed by atoms with van der Waals surface area (Å²) in [5.41, 5.74) is 6.03. The van der Waals surface area contributed by atoms with Gasteiger partial charge in [-0.25, -0.2) is 9.48 Å². The number of hydrogen-bond acceptors (Lipinski definition) is 22. The first-order valence-electron chi connectivity index (χ1n) is 29.3. The number of unbranched alkanes of at least 4 members (excludes halogenated alkanes) is 1. The fourth-order valence-corrected chi connectivity index (χ4v) is 8.31. The normalized spacial score (nSPS) is 18.6. The van der Waals surface area contributed by atoms with E-state index >= 15 is 0 Å². The maximum atomic E-state index is 13.7. The first-order chi connectivity index (χ1) is 42.4. The van der Waals surface area contributed by atoms with Gasteiger partial charge in [0.1, 0.15) is 67.2 Å². The van der Waals surface area contributed by atoms with Crippen molar-refractivity contribution < 1.29 is 112 Å². The standard InChI is InChI=1S/C54H89N13O23/c1-8-35(68)63-40(27(2)3)52(84)64-41(28(4)5)51(83)59-29(6)47(79)58-30(7)48(80)61-33(13-16-38(71)72)50(82)62-34(14-17-39(73)74)49(81)60-32(46(55)78)11-9-10-18-56-37(70)26-88-24-23-87-21-19-57-36(69)15-12-31-25-67(66-65-31)20-22-89-54-44(77)42(75)43(76)45(90-54)53(85)86/h25,27-30,32-34,40-45,54,75-77H,8-24,26H2,1-7H3,(H2,55,78)(H,56,70)(H,57,69)(H,58,79)(H,59,83)(H,60,81)(H,61,80)(H,62,82)(H,63,68)(H,64,84)(H,71,72)(H,73,74)(H,85,86)/t29-,30-,32-,33-,34-,40-,41-,42-,43-,44?,45?,54+/m0/s1. The first-order valence-corrected chi connectivity index (χ1v) is 29.3. The molecule has 2 rings (SSSR count). The fraction of sp³-hybridized carbons (Fsp3) is 0.722. The molecule has 0 aromatic carbocycles. The van der Waals surface area contributed by atoms with Crippen molar-refractivity contribution in [2.45, 2.75) is 192 Å². The molecule has 1 aliphatic rings. The summed E-state index contributed by atoms with van der Waals surface area (Å²) in [6.07, 6.45) is -8.70. The van der Waals surface area contributed by atoms with Crippen molar-refractivity contribution in [2.75, 3.05) is 46.1 Å². The van der Waals surface area contributed by atoms with Gasteiger partial charge in [-0.2, -0.15) is 0 Å². The number of aliphatic hydroxyl groups is 3. The number of ether oxygens (including phenoxy) is 4. The molecule has 0 aliphatic carbocycles. The number of hydrogen-bond donors (Lipinski definition) is 16. The number of carboxylic acid groups (broad SMARTS) is 3. The van der Waals surface area contributed by atoms with Gasteiger partial charge in [0.15, 0.2) is 12.4 Å². The molecule has 17 N–H and O–H groups in total. The largest absolute Gasteiger partial charge is 0.481 e. The molecule has 90 heavy (non-hydrogen) atoms. The van der Waals surface area contributed by atoms with Crippen molar-refractivity contribution in [1.29, 1.82) is 0 Å². The Balaban J connectivity index is 1.79. The van der Waals surface area contributed by atoms with Gasteiger partial charge >= 0.3 is 17.9 Å². The number of aryl methyl sites for hydroxylation is 1. The Morgan fingerprint density at radius 2 is 1.11 bits per heavy atom. The van der Waals surface area contributed by atoms with Crippen molar-refractivity contribution in [3.05, 3.63) is 11.9 Å². The number of carboxylic acids is 3. The highest BCUT2D eigenvalue weighted by molar-refractivity contribution is 5.97. The zero-order valence-corrected chi connectivity index (χ0v) is 51.4. The van der Waals surface area contributed by atoms with Gasteiger partial charge in [-0.05, 0) is 57.8 Å². The van der Waals surface area contributed by atoms with Crippen molar-refractivity contribution in [3.8, 4) is 0 Å². The summed E-state index contributed by atoms with van der Waals surface area (Å²) in [5.74, 6) is -12.7. The van der Waals surface area contributed by atoms with Crippen molar-refractivity contribution >= 4 is 77.0 Å². The third kappa shape index (κ3) is 29.1. The molecule has 0 bridgehead atoms. The van der Waals surface area contributed by atoms with E-state index < -0.39 is 170 Å². The molecule has 1 aliphatic heterocycles. The Hall–Kier alpha value is -8.03. The van der Waals surface area contributed by atoms with E-state index in [0.29, 0.717) is 5.69 Å². The Morgan fingerprint density at radius 3 is 1.68 bits per heavy atom. The number of nitrogens with one attached hydrogen (secondary N) is 9. The maximum Gasteiger partial charge on any atom is 0.335 e. The minimum atomic E-state index is -1.85. The lowest BCUT2D eigenvalue weighted by molar-refractivity contribution is -0.294. The molecule has 12 atom stereocenters. The lowest BCUT2D eigenvalue weighted by Gasteiger charge is -2.38. The first kappa shape index (κ1) is 78.1. The Labute approximate surface area is 518 Å². The molecule has 36 nitrogen and oxygen atoms in total. The zero-order chi connectivity index (χ0) is 67.8. The number of amides is 10. The van der Waals surface area contributed by atoms with Gasteiger partial charge < -0.3 is 103 Å². The number of nitrogens with two attached hydrogens (primary N) is 1. The summed E-state index contributed by atoms with van der Waals surface area (Å²) in [6.45, 7) is 11.0. The van der Waals surface area contributed by atoms with Crippen LogP contribution in [0.1, 0.15) is 112 Å². The molecule has 10 amide bonds. The second kappa shape index (κ2) is 40.6. The van der Waals surface area contributed by atoms with Gasteiger partial charge in [0, 0.05) is 51.4 Å². The highest BCUT2D eigenvalue weighted by Crippen LogP contribution is 2.22. The Morgan fingerprint density at radius 1 is 0.578 bits per heavy atom. The van der Waals surface area contributed by atoms with Crippen LogP contribution in [0, 0.1) is 11.8 Å². The van der Waals surface area contributed by atoms with Crippen LogP contribution >= 0.6 is 0 Å². The number of primary amides is 1. The average Bonchev–Trinajstić information content (AvgIpc) is 1.08. The Kier molecular flexibility index (Phi) is 35.2. The molecule has 1 saturated heterocycles. The van der Waals surface area contributed by atoms with Gasteiger partial charge in [-0.1, -0.05) is 39.8 Å². The van der Waals surface area contributed by atoms with Crippen LogP contribution in [0.25, 0.3) is 0 Å². The number of rotatable bonds is 44. The molecule has 1 fully saturated rings. The third-order valence-corrected chi connectivity index (χ3v) is 13.6. The summed E-state index contributed by atoms with van der Waals surface area (Å²) in [5, 5.41) is 88.0. The number of aliphatic hydroxyl groups excluding tert-OH is 3. The van der Waals surface area contributed by atoms with Crippen molar-refractivity contribution in [2.24, 2.45) is 17.6 Å². The second-order valence-corrected chi connectivity index (χ2v) is 21.7. The van der Waals surface area contributed by atoms with Crippen LogP contribution < -0.4 is 53.6 Å². The van der Waals surface area contributed by atoms with E-state index in [9.17, 15) is 87.9 Å². The summed E-state index contributed by atoms with van der Waals surface area (Å²) in [6, 6.07) is -9.49. The van der Waals surface area contributed by atoms with Crippen LogP contribution in [-0.2, 0) is 94.2 Å². The average molecular weight is 1290 g/mol. The minimum Gasteiger partial charge on any atom is -0.481 e. The molecular weight excluding hydrogens is 1200 g/mol. The van der Waals surface area contributed by atoms with Gasteiger partial charge in [0.2, 0.25) is 59.1 Å². The smallest absolute Gasteiger partial charge is 0.335 e. The minimum absolute atomic E-state index is 0.0347. The van der Waals surface area contributed by atoms with Crippen LogP contribution in [0.4, 0.5) is 0 Å². The van der Waals surface area contributed by atoms with Crippen molar-refractivity contribution in [1.82, 2.24) is 62.8 Å². The van der Waals surface area contributed by atoms with Crippen LogP contribution in [0.15, 0.2) is 6.20 Å². The van der Waals surface area contributed by atoms with Gasteiger partial charge in [0.05, 0.1) is 38.7 Å². The monoisotopic (exact) mass is 1290 g/mol. The molecular formula is C54H89N13O23. The van der Waals surface area contributed by atoms with E-state index in [2.05, 4.69) is 58.2 Å². The maximum absolute atomic E-state index is 13.7. The summed E-state index contributed by atoms with van der Waals surface area (Å²) in [4.78, 5) is 164. The van der Waals surface area contributed by atoms with Crippen LogP contribution in [0.2, 0.25) is 0 Å². The van der Waals surface area contributed by atoms with Gasteiger partial charge in [-0.15, -0.1) is 5.10 Å². The highest BCUT2D eigenvalue weighted by atomic mass is 16.7. The quantitative estimate of drug-likeness (QED) is 0.0270. The lowest BCUT2D eigenvalue weighted by Crippen LogP contribution is -2.60. The molecule has 2 heterocycles. The molecule has 508 valence electrons. The predicted molar refractivity (Wildman–Crippen MR) is 308 cm³/mol. The Bertz CT molecular complexity index is 2570. The van der Waals surface area contributed by atoms with Crippen LogP contribution in [0.3, 0.4) is 0 Å². The molecule has 1 aromatic rings. The van der Waals surface area contributed by atoms with E-state index in [4.69, 9.17) is 29.8 Å². The predicted octanol–water partition coefficient (Wildman–Crippen LogP) is -6.07. The van der Waals surface area contributed by atoms with E-state index in [1.165, 1.54) is 18.5 Å². The number of aliphatic carboxylic acids is 3. The van der Waals surface area contributed by atoms with E-state index in [-0.39, 0.29) is 109 Å². The molecule has 0 saturated carbocycles. The van der Waals surface area contributed by atoms with E-state index in [0.717, 1.165) is 0 Å². The number of carbonyl (C=O) groups is 13. The lowest BCUT2D eigenvalue weighted by atomic mass is 9.99. The zero-order valence-electron chi connectivity index (χ0n) is 51.4. The van der Waals surface area contributed by atoms with E-state index in [1.807, 2.05) is 0 Å². The van der Waals surface area contributed by atoms with Gasteiger partial charge in [0.25, 0.3) is 0 Å². The molecule has 36 heteroatoms. The van der Waals surface area contributed by atoms with Crippen molar-refractivity contribution in [3.63, 3.8) is 0 Å². The van der Waals surface area contributed by atoms with Crippen LogP contribution in [0.5, 0.6) is 0 Å². The summed E-state index contributed by atoms with van der Waals surface area (Å²) in [7, 11) is 0. The molecule has 1 aromatic heterocycles. The molecule has 0 radical (unpaired) electrons. The number of aromatic nitrogens is 3. The third-order valence-electron chi connectivity index (χ3n) is 13.6.